The maximum Gasteiger partial charge on any atom is 0.257 e. The van der Waals surface area contributed by atoms with E-state index in [1.807, 2.05) is 0 Å². The van der Waals surface area contributed by atoms with Gasteiger partial charge in [0.15, 0.2) is 0 Å². The molecule has 0 spiro atoms. The molecule has 1 N–H and O–H groups in total. The second-order valence-corrected chi connectivity index (χ2v) is 4.85. The highest BCUT2D eigenvalue weighted by Crippen LogP contribution is 2.23. The molecular weight excluding hydrogens is 281 g/mol. The minimum absolute atomic E-state index is 0.119. The van der Waals surface area contributed by atoms with Crippen LogP contribution >= 0.6 is 11.6 Å². The average Bonchev–Trinajstić information content (AvgIpc) is 2.40. The number of halogens is 2. The maximum atomic E-state index is 13.5. The Morgan fingerprint density at radius 1 is 1.30 bits per heavy atom. The molecule has 5 heteroatoms. The number of rotatable bonds is 3. The zero-order valence-corrected chi connectivity index (χ0v) is 11.6. The van der Waals surface area contributed by atoms with Gasteiger partial charge in [0, 0.05) is 24.2 Å². The SMILES string of the molecule is CN(Cc1ccccc1F)C(=O)c1ccc(Cl)cc1O. The molecule has 0 saturated carbocycles. The minimum Gasteiger partial charge on any atom is -0.507 e. The summed E-state index contributed by atoms with van der Waals surface area (Å²) in [6.45, 7) is 0.119. The summed E-state index contributed by atoms with van der Waals surface area (Å²) in [5.74, 6) is -0.960. The van der Waals surface area contributed by atoms with E-state index >= 15 is 0 Å². The molecule has 0 unspecified atom stereocenters. The molecule has 0 aromatic heterocycles. The molecule has 2 aromatic carbocycles. The fraction of sp³-hybridized carbons (Fsp3) is 0.133. The van der Waals surface area contributed by atoms with Crippen LogP contribution in [0.2, 0.25) is 5.02 Å². The Kier molecular flexibility index (Phi) is 4.25. The van der Waals surface area contributed by atoms with Gasteiger partial charge in [0.25, 0.3) is 5.91 Å². The number of hydrogen-bond donors (Lipinski definition) is 1. The van der Waals surface area contributed by atoms with Crippen LogP contribution < -0.4 is 0 Å². The van der Waals surface area contributed by atoms with Gasteiger partial charge >= 0.3 is 0 Å². The summed E-state index contributed by atoms with van der Waals surface area (Å²) in [6, 6.07) is 10.5. The fourth-order valence-corrected chi connectivity index (χ4v) is 2.01. The summed E-state index contributed by atoms with van der Waals surface area (Å²) < 4.78 is 13.5. The molecule has 0 aliphatic carbocycles. The topological polar surface area (TPSA) is 40.5 Å². The predicted molar refractivity (Wildman–Crippen MR) is 75.3 cm³/mol. The van der Waals surface area contributed by atoms with Crippen molar-refractivity contribution in [1.82, 2.24) is 4.90 Å². The minimum atomic E-state index is -0.401. The molecule has 1 amide bonds. The van der Waals surface area contributed by atoms with Crippen LogP contribution in [0.25, 0.3) is 0 Å². The highest BCUT2D eigenvalue weighted by Gasteiger charge is 2.17. The molecule has 0 heterocycles. The third kappa shape index (κ3) is 3.08. The van der Waals surface area contributed by atoms with E-state index in [-0.39, 0.29) is 23.7 Å². The number of carbonyl (C=O) groups is 1. The molecule has 0 atom stereocenters. The Hall–Kier alpha value is -2.07. The van der Waals surface area contributed by atoms with E-state index < -0.39 is 5.91 Å². The van der Waals surface area contributed by atoms with Crippen molar-refractivity contribution in [2.24, 2.45) is 0 Å². The molecule has 0 aliphatic rings. The molecule has 3 nitrogen and oxygen atoms in total. The van der Waals surface area contributed by atoms with Crippen LogP contribution in [0.4, 0.5) is 4.39 Å². The van der Waals surface area contributed by atoms with Crippen LogP contribution in [0, 0.1) is 5.82 Å². The Morgan fingerprint density at radius 2 is 2.00 bits per heavy atom. The quantitative estimate of drug-likeness (QED) is 0.941. The number of phenolic OH excluding ortho intramolecular Hbond substituents is 1. The van der Waals surface area contributed by atoms with E-state index in [1.54, 1.807) is 25.2 Å². The van der Waals surface area contributed by atoms with Crippen molar-refractivity contribution in [2.45, 2.75) is 6.54 Å². The maximum absolute atomic E-state index is 13.5. The van der Waals surface area contributed by atoms with Crippen molar-refractivity contribution in [2.75, 3.05) is 7.05 Å². The molecule has 0 radical (unpaired) electrons. The zero-order chi connectivity index (χ0) is 14.7. The smallest absolute Gasteiger partial charge is 0.257 e. The summed E-state index contributed by atoms with van der Waals surface area (Å²) in [4.78, 5) is 13.5. The first-order valence-corrected chi connectivity index (χ1v) is 6.34. The highest BCUT2D eigenvalue weighted by atomic mass is 35.5. The standard InChI is InChI=1S/C15H13ClFNO2/c1-18(9-10-4-2-3-5-13(10)17)15(20)12-7-6-11(16)8-14(12)19/h2-8,19H,9H2,1H3. The van der Waals surface area contributed by atoms with Crippen LogP contribution in [0.3, 0.4) is 0 Å². The number of amides is 1. The van der Waals surface area contributed by atoms with Crippen LogP contribution in [0.1, 0.15) is 15.9 Å². The summed E-state index contributed by atoms with van der Waals surface area (Å²) in [6.07, 6.45) is 0. The Morgan fingerprint density at radius 3 is 2.65 bits per heavy atom. The van der Waals surface area contributed by atoms with Crippen molar-refractivity contribution in [3.05, 3.63) is 64.4 Å². The van der Waals surface area contributed by atoms with Gasteiger partial charge in [-0.15, -0.1) is 0 Å². The first kappa shape index (κ1) is 14.3. The zero-order valence-electron chi connectivity index (χ0n) is 10.8. The molecule has 20 heavy (non-hydrogen) atoms. The lowest BCUT2D eigenvalue weighted by Gasteiger charge is -2.18. The second-order valence-electron chi connectivity index (χ2n) is 4.41. The lowest BCUT2D eigenvalue weighted by atomic mass is 10.1. The van der Waals surface area contributed by atoms with Crippen molar-refractivity contribution >= 4 is 17.5 Å². The largest absolute Gasteiger partial charge is 0.507 e. The number of phenols is 1. The summed E-state index contributed by atoms with van der Waals surface area (Å²) in [5.41, 5.74) is 0.546. The van der Waals surface area contributed by atoms with E-state index in [0.717, 1.165) is 0 Å². The van der Waals surface area contributed by atoms with Crippen molar-refractivity contribution in [3.8, 4) is 5.75 Å². The molecule has 0 bridgehead atoms. The normalized spacial score (nSPS) is 10.3. The van der Waals surface area contributed by atoms with Crippen LogP contribution in [-0.4, -0.2) is 23.0 Å². The van der Waals surface area contributed by atoms with Gasteiger partial charge in [0.2, 0.25) is 0 Å². The van der Waals surface area contributed by atoms with E-state index in [0.29, 0.717) is 10.6 Å². The Balaban J connectivity index is 2.19. The first-order chi connectivity index (χ1) is 9.49. The van der Waals surface area contributed by atoms with Crippen molar-refractivity contribution < 1.29 is 14.3 Å². The van der Waals surface area contributed by atoms with Crippen LogP contribution in [0.15, 0.2) is 42.5 Å². The second kappa shape index (κ2) is 5.92. The van der Waals surface area contributed by atoms with E-state index in [9.17, 15) is 14.3 Å². The summed E-state index contributed by atoms with van der Waals surface area (Å²) >= 11 is 5.72. The highest BCUT2D eigenvalue weighted by molar-refractivity contribution is 6.30. The molecule has 2 aromatic rings. The van der Waals surface area contributed by atoms with Crippen LogP contribution in [0.5, 0.6) is 5.75 Å². The molecule has 0 aliphatic heterocycles. The lowest BCUT2D eigenvalue weighted by molar-refractivity contribution is 0.0781. The number of hydrogen-bond acceptors (Lipinski definition) is 2. The van der Waals surface area contributed by atoms with Gasteiger partial charge in [0.05, 0.1) is 5.56 Å². The average molecular weight is 294 g/mol. The number of nitrogens with zero attached hydrogens (tertiary/aromatic N) is 1. The summed E-state index contributed by atoms with van der Waals surface area (Å²) in [5, 5.41) is 10.1. The third-order valence-electron chi connectivity index (χ3n) is 2.90. The van der Waals surface area contributed by atoms with Gasteiger partial charge in [-0.05, 0) is 24.3 Å². The fourth-order valence-electron chi connectivity index (χ4n) is 1.85. The number of carbonyl (C=O) groups excluding carboxylic acids is 1. The number of aromatic hydroxyl groups is 1. The number of benzene rings is 2. The van der Waals surface area contributed by atoms with E-state index in [1.165, 1.54) is 29.2 Å². The lowest BCUT2D eigenvalue weighted by Crippen LogP contribution is -2.26. The van der Waals surface area contributed by atoms with Gasteiger partial charge in [0.1, 0.15) is 11.6 Å². The van der Waals surface area contributed by atoms with Gasteiger partial charge < -0.3 is 10.0 Å². The van der Waals surface area contributed by atoms with Gasteiger partial charge in [-0.3, -0.25) is 4.79 Å². The molecule has 0 saturated heterocycles. The van der Waals surface area contributed by atoms with Crippen molar-refractivity contribution in [3.63, 3.8) is 0 Å². The molecular formula is C15H13ClFNO2. The molecule has 104 valence electrons. The Bertz CT molecular complexity index is 646. The first-order valence-electron chi connectivity index (χ1n) is 5.96. The van der Waals surface area contributed by atoms with E-state index in [2.05, 4.69) is 0 Å². The predicted octanol–water partition coefficient (Wildman–Crippen LogP) is 3.46. The van der Waals surface area contributed by atoms with Crippen molar-refractivity contribution in [1.29, 1.82) is 0 Å². The van der Waals surface area contributed by atoms with E-state index in [4.69, 9.17) is 11.6 Å². The third-order valence-corrected chi connectivity index (χ3v) is 3.14. The van der Waals surface area contributed by atoms with Gasteiger partial charge in [-0.2, -0.15) is 0 Å². The summed E-state index contributed by atoms with van der Waals surface area (Å²) in [7, 11) is 1.54. The van der Waals surface area contributed by atoms with Gasteiger partial charge in [-0.1, -0.05) is 29.8 Å². The monoisotopic (exact) mass is 293 g/mol. The van der Waals surface area contributed by atoms with Crippen LogP contribution in [-0.2, 0) is 6.54 Å². The Labute approximate surface area is 121 Å². The molecule has 0 fully saturated rings. The van der Waals surface area contributed by atoms with Gasteiger partial charge in [-0.25, -0.2) is 4.39 Å². The molecule has 2 rings (SSSR count).